The highest BCUT2D eigenvalue weighted by Crippen LogP contribution is 2.16. The van der Waals surface area contributed by atoms with Crippen molar-refractivity contribution in [2.75, 3.05) is 5.32 Å². The first-order chi connectivity index (χ1) is 6.27. The quantitative estimate of drug-likeness (QED) is 0.741. The molecular weight excluding hydrogens is 158 g/mol. The molecule has 0 aliphatic carbocycles. The van der Waals surface area contributed by atoms with Crippen LogP contribution in [0.5, 0.6) is 0 Å². The van der Waals surface area contributed by atoms with Crippen LogP contribution >= 0.6 is 0 Å². The molecule has 1 N–H and O–H groups in total. The van der Waals surface area contributed by atoms with Crippen molar-refractivity contribution in [2.45, 2.75) is 39.7 Å². The van der Waals surface area contributed by atoms with Gasteiger partial charge in [0.1, 0.15) is 0 Å². The van der Waals surface area contributed by atoms with Crippen LogP contribution in [0.3, 0.4) is 0 Å². The molecule has 0 saturated carbocycles. The Hall–Kier alpha value is -0.980. The summed E-state index contributed by atoms with van der Waals surface area (Å²) < 4.78 is 0. The Labute approximate surface area is 81.2 Å². The molecule has 0 aliphatic rings. The summed E-state index contributed by atoms with van der Waals surface area (Å²) in [4.78, 5) is 0. The Morgan fingerprint density at radius 2 is 1.77 bits per heavy atom. The largest absolute Gasteiger partial charge is 0.382 e. The standard InChI is InChI=1S/C12H19N/c1-4-11(5-2)13-12-9-7-6-8-10(12)3/h6-9,11,13H,4-5H2,1-3H3. The summed E-state index contributed by atoms with van der Waals surface area (Å²) in [7, 11) is 0. The van der Waals surface area contributed by atoms with Crippen molar-refractivity contribution in [2.24, 2.45) is 0 Å². The van der Waals surface area contributed by atoms with Gasteiger partial charge in [-0.1, -0.05) is 32.0 Å². The van der Waals surface area contributed by atoms with E-state index in [1.807, 2.05) is 0 Å². The molecule has 13 heavy (non-hydrogen) atoms. The van der Waals surface area contributed by atoms with Gasteiger partial charge in [-0.05, 0) is 31.4 Å². The molecule has 0 atom stereocenters. The molecule has 1 nitrogen and oxygen atoms in total. The summed E-state index contributed by atoms with van der Waals surface area (Å²) in [6.07, 6.45) is 2.37. The number of hydrogen-bond donors (Lipinski definition) is 1. The molecule has 0 fully saturated rings. The van der Waals surface area contributed by atoms with Crippen LogP contribution in [0.1, 0.15) is 32.3 Å². The lowest BCUT2D eigenvalue weighted by Crippen LogP contribution is -2.17. The predicted octanol–water partition coefficient (Wildman–Crippen LogP) is 3.60. The van der Waals surface area contributed by atoms with Crippen LogP contribution in [0.15, 0.2) is 24.3 Å². The van der Waals surface area contributed by atoms with Gasteiger partial charge in [-0.15, -0.1) is 0 Å². The topological polar surface area (TPSA) is 12.0 Å². The van der Waals surface area contributed by atoms with Crippen LogP contribution in [0.2, 0.25) is 0 Å². The molecule has 1 heteroatoms. The molecule has 0 spiro atoms. The zero-order valence-electron chi connectivity index (χ0n) is 8.80. The average molecular weight is 177 g/mol. The van der Waals surface area contributed by atoms with Crippen molar-refractivity contribution < 1.29 is 0 Å². The maximum absolute atomic E-state index is 3.55. The van der Waals surface area contributed by atoms with E-state index in [9.17, 15) is 0 Å². The fraction of sp³-hybridized carbons (Fsp3) is 0.500. The van der Waals surface area contributed by atoms with Gasteiger partial charge in [-0.2, -0.15) is 0 Å². The van der Waals surface area contributed by atoms with E-state index in [1.54, 1.807) is 0 Å². The minimum atomic E-state index is 0.612. The van der Waals surface area contributed by atoms with Gasteiger partial charge in [0.2, 0.25) is 0 Å². The SMILES string of the molecule is CCC(CC)Nc1ccccc1C. The molecule has 1 rings (SSSR count). The van der Waals surface area contributed by atoms with E-state index in [0.29, 0.717) is 6.04 Å². The fourth-order valence-corrected chi connectivity index (χ4v) is 1.45. The number of nitrogens with one attached hydrogen (secondary N) is 1. The van der Waals surface area contributed by atoms with E-state index in [0.717, 1.165) is 0 Å². The molecule has 1 aromatic carbocycles. The van der Waals surface area contributed by atoms with Gasteiger partial charge in [0, 0.05) is 11.7 Å². The number of anilines is 1. The minimum Gasteiger partial charge on any atom is -0.382 e. The Morgan fingerprint density at radius 1 is 1.15 bits per heavy atom. The zero-order chi connectivity index (χ0) is 9.68. The molecule has 0 heterocycles. The van der Waals surface area contributed by atoms with Gasteiger partial charge in [0.25, 0.3) is 0 Å². The molecule has 0 amide bonds. The maximum Gasteiger partial charge on any atom is 0.0372 e. The highest BCUT2D eigenvalue weighted by Gasteiger charge is 2.03. The number of para-hydroxylation sites is 1. The van der Waals surface area contributed by atoms with Crippen molar-refractivity contribution in [3.8, 4) is 0 Å². The van der Waals surface area contributed by atoms with E-state index < -0.39 is 0 Å². The van der Waals surface area contributed by atoms with Gasteiger partial charge < -0.3 is 5.32 Å². The van der Waals surface area contributed by atoms with Gasteiger partial charge >= 0.3 is 0 Å². The monoisotopic (exact) mass is 177 g/mol. The lowest BCUT2D eigenvalue weighted by atomic mass is 10.1. The Kier molecular flexibility index (Phi) is 3.81. The van der Waals surface area contributed by atoms with Gasteiger partial charge in [-0.25, -0.2) is 0 Å². The van der Waals surface area contributed by atoms with E-state index in [4.69, 9.17) is 0 Å². The summed E-state index contributed by atoms with van der Waals surface area (Å²) in [5.41, 5.74) is 2.60. The van der Waals surface area contributed by atoms with Crippen molar-refractivity contribution >= 4 is 5.69 Å². The highest BCUT2D eigenvalue weighted by atomic mass is 14.9. The van der Waals surface area contributed by atoms with Crippen molar-refractivity contribution in [1.29, 1.82) is 0 Å². The second-order valence-corrected chi connectivity index (χ2v) is 3.47. The number of benzene rings is 1. The summed E-state index contributed by atoms with van der Waals surface area (Å²) in [6, 6.07) is 9.06. The number of hydrogen-bond acceptors (Lipinski definition) is 1. The zero-order valence-corrected chi connectivity index (χ0v) is 8.80. The van der Waals surface area contributed by atoms with E-state index in [2.05, 4.69) is 50.4 Å². The van der Waals surface area contributed by atoms with E-state index in [1.165, 1.54) is 24.1 Å². The second-order valence-electron chi connectivity index (χ2n) is 3.47. The highest BCUT2D eigenvalue weighted by molar-refractivity contribution is 5.50. The third-order valence-corrected chi connectivity index (χ3v) is 2.49. The Bertz CT molecular complexity index is 251. The molecule has 0 unspecified atom stereocenters. The first-order valence-electron chi connectivity index (χ1n) is 5.10. The van der Waals surface area contributed by atoms with Crippen molar-refractivity contribution in [3.63, 3.8) is 0 Å². The van der Waals surface area contributed by atoms with Crippen LogP contribution in [-0.4, -0.2) is 6.04 Å². The van der Waals surface area contributed by atoms with Crippen LogP contribution < -0.4 is 5.32 Å². The molecule has 0 aliphatic heterocycles. The lowest BCUT2D eigenvalue weighted by Gasteiger charge is -2.17. The average Bonchev–Trinajstić information content (AvgIpc) is 2.17. The van der Waals surface area contributed by atoms with Crippen LogP contribution in [0, 0.1) is 6.92 Å². The maximum atomic E-state index is 3.55. The Morgan fingerprint density at radius 3 is 2.31 bits per heavy atom. The van der Waals surface area contributed by atoms with Crippen LogP contribution in [-0.2, 0) is 0 Å². The van der Waals surface area contributed by atoms with E-state index >= 15 is 0 Å². The number of aryl methyl sites for hydroxylation is 1. The first kappa shape index (κ1) is 10.1. The van der Waals surface area contributed by atoms with Crippen LogP contribution in [0.4, 0.5) is 5.69 Å². The van der Waals surface area contributed by atoms with Crippen molar-refractivity contribution in [3.05, 3.63) is 29.8 Å². The van der Waals surface area contributed by atoms with Crippen molar-refractivity contribution in [1.82, 2.24) is 0 Å². The lowest BCUT2D eigenvalue weighted by molar-refractivity contribution is 0.671. The normalized spacial score (nSPS) is 10.5. The van der Waals surface area contributed by atoms with Crippen LogP contribution in [0.25, 0.3) is 0 Å². The third-order valence-electron chi connectivity index (χ3n) is 2.49. The predicted molar refractivity (Wildman–Crippen MR) is 59.2 cm³/mol. The fourth-order valence-electron chi connectivity index (χ4n) is 1.45. The minimum absolute atomic E-state index is 0.612. The first-order valence-corrected chi connectivity index (χ1v) is 5.10. The van der Waals surface area contributed by atoms with Gasteiger partial charge in [0.05, 0.1) is 0 Å². The molecule has 0 saturated heterocycles. The summed E-state index contributed by atoms with van der Waals surface area (Å²) >= 11 is 0. The summed E-state index contributed by atoms with van der Waals surface area (Å²) in [6.45, 7) is 6.59. The Balaban J connectivity index is 2.67. The van der Waals surface area contributed by atoms with Gasteiger partial charge in [-0.3, -0.25) is 0 Å². The molecule has 0 radical (unpaired) electrons. The molecular formula is C12H19N. The van der Waals surface area contributed by atoms with Gasteiger partial charge in [0.15, 0.2) is 0 Å². The third kappa shape index (κ3) is 2.76. The second kappa shape index (κ2) is 4.90. The summed E-state index contributed by atoms with van der Waals surface area (Å²) in [5.74, 6) is 0. The summed E-state index contributed by atoms with van der Waals surface area (Å²) in [5, 5.41) is 3.55. The molecule has 1 aromatic rings. The molecule has 72 valence electrons. The molecule has 0 aromatic heterocycles. The van der Waals surface area contributed by atoms with E-state index in [-0.39, 0.29) is 0 Å². The smallest absolute Gasteiger partial charge is 0.0372 e. The number of rotatable bonds is 4. The molecule has 0 bridgehead atoms.